The van der Waals surface area contributed by atoms with E-state index in [9.17, 15) is 4.57 Å². The van der Waals surface area contributed by atoms with Gasteiger partial charge in [-0.2, -0.15) is 0 Å². The van der Waals surface area contributed by atoms with Crippen LogP contribution in [-0.2, 0) is 4.57 Å². The van der Waals surface area contributed by atoms with E-state index >= 15 is 0 Å². The second-order valence-corrected chi connectivity index (χ2v) is 7.75. The molecule has 0 spiro atoms. The lowest BCUT2D eigenvalue weighted by atomic mass is 9.72. The van der Waals surface area contributed by atoms with E-state index < -0.39 is 7.60 Å². The molecule has 108 valence electrons. The molecular formula is C15H25O3P. The molecule has 2 N–H and O–H groups in total. The Morgan fingerprint density at radius 3 is 2.58 bits per heavy atom. The first-order chi connectivity index (χ1) is 8.62. The monoisotopic (exact) mass is 284 g/mol. The summed E-state index contributed by atoms with van der Waals surface area (Å²) in [6, 6.07) is 0. The van der Waals surface area contributed by atoms with E-state index in [0.29, 0.717) is 0 Å². The van der Waals surface area contributed by atoms with Gasteiger partial charge in [-0.25, -0.2) is 0 Å². The Labute approximate surface area is 116 Å². The number of rotatable bonds is 4. The lowest BCUT2D eigenvalue weighted by molar-refractivity contribution is 0.376. The average Bonchev–Trinajstić information content (AvgIpc) is 2.23. The van der Waals surface area contributed by atoms with Crippen molar-refractivity contribution in [1.29, 1.82) is 0 Å². The van der Waals surface area contributed by atoms with Gasteiger partial charge in [0, 0.05) is 0 Å². The molecule has 4 heteroatoms. The van der Waals surface area contributed by atoms with E-state index in [4.69, 9.17) is 9.79 Å². The molecule has 0 saturated heterocycles. The Morgan fingerprint density at radius 1 is 1.42 bits per heavy atom. The molecule has 0 bridgehead atoms. The fourth-order valence-electron chi connectivity index (χ4n) is 2.56. The minimum atomic E-state index is -3.94. The van der Waals surface area contributed by atoms with Gasteiger partial charge in [-0.15, -0.1) is 0 Å². The normalized spacial score (nSPS) is 21.3. The largest absolute Gasteiger partial charge is 0.329 e. The summed E-state index contributed by atoms with van der Waals surface area (Å²) in [5.74, 6) is 0. The lowest BCUT2D eigenvalue weighted by Crippen LogP contribution is -2.19. The van der Waals surface area contributed by atoms with Crippen LogP contribution < -0.4 is 0 Å². The predicted molar refractivity (Wildman–Crippen MR) is 80.1 cm³/mol. The van der Waals surface area contributed by atoms with Crippen molar-refractivity contribution < 1.29 is 14.4 Å². The van der Waals surface area contributed by atoms with Gasteiger partial charge in [-0.3, -0.25) is 4.57 Å². The highest BCUT2D eigenvalue weighted by atomic mass is 31.2. The molecule has 1 rings (SSSR count). The van der Waals surface area contributed by atoms with Gasteiger partial charge in [0.05, 0.1) is 6.16 Å². The quantitative estimate of drug-likeness (QED) is 0.601. The molecule has 0 unspecified atom stereocenters. The summed E-state index contributed by atoms with van der Waals surface area (Å²) in [6.45, 7) is 8.56. The summed E-state index contributed by atoms with van der Waals surface area (Å²) >= 11 is 0. The van der Waals surface area contributed by atoms with E-state index in [1.165, 1.54) is 24.0 Å². The second kappa shape index (κ2) is 6.21. The first-order valence-electron chi connectivity index (χ1n) is 6.71. The predicted octanol–water partition coefficient (Wildman–Crippen LogP) is 4.19. The van der Waals surface area contributed by atoms with Gasteiger partial charge in [-0.05, 0) is 44.1 Å². The Hall–Kier alpha value is -0.630. The second-order valence-electron chi connectivity index (χ2n) is 6.06. The van der Waals surface area contributed by atoms with E-state index in [2.05, 4.69) is 26.8 Å². The van der Waals surface area contributed by atoms with Crippen LogP contribution in [-0.4, -0.2) is 15.9 Å². The van der Waals surface area contributed by atoms with Crippen LogP contribution in [0.25, 0.3) is 0 Å². The molecule has 19 heavy (non-hydrogen) atoms. The van der Waals surface area contributed by atoms with Crippen molar-refractivity contribution in [1.82, 2.24) is 0 Å². The van der Waals surface area contributed by atoms with Crippen molar-refractivity contribution in [2.24, 2.45) is 5.41 Å². The van der Waals surface area contributed by atoms with Gasteiger partial charge in [0.15, 0.2) is 0 Å². The third kappa shape index (κ3) is 5.48. The molecule has 1 aliphatic carbocycles. The summed E-state index contributed by atoms with van der Waals surface area (Å²) in [4.78, 5) is 17.7. The third-order valence-electron chi connectivity index (χ3n) is 3.71. The number of allylic oxidation sites excluding steroid dienone is 6. The zero-order valence-electron chi connectivity index (χ0n) is 12.3. The standard InChI is InChI=1S/C15H25O3P/c1-12(9-11-19(16,17)18)7-8-14-13(2)6-5-10-15(14,3)4/h7-9H,5-6,10-11H2,1-4H3,(H2,16,17,18)/b8-7+,12-9+. The van der Waals surface area contributed by atoms with E-state index in [-0.39, 0.29) is 11.6 Å². The molecule has 0 heterocycles. The maximum Gasteiger partial charge on any atom is 0.329 e. The van der Waals surface area contributed by atoms with Crippen LogP contribution >= 0.6 is 7.60 Å². The smallest absolute Gasteiger partial charge is 0.324 e. The molecule has 0 amide bonds. The summed E-state index contributed by atoms with van der Waals surface area (Å²) in [6.07, 6.45) is 9.06. The maximum atomic E-state index is 10.8. The lowest BCUT2D eigenvalue weighted by Gasteiger charge is -2.32. The topological polar surface area (TPSA) is 57.5 Å². The first kappa shape index (κ1) is 16.4. The molecule has 0 aromatic rings. The number of hydrogen-bond donors (Lipinski definition) is 2. The Balaban J connectivity index is 2.83. The summed E-state index contributed by atoms with van der Waals surface area (Å²) < 4.78 is 10.8. The van der Waals surface area contributed by atoms with Gasteiger partial charge in [0.25, 0.3) is 0 Å². The fraction of sp³-hybridized carbons (Fsp3) is 0.600. The molecule has 0 fully saturated rings. The van der Waals surface area contributed by atoms with Gasteiger partial charge >= 0.3 is 7.60 Å². The molecule has 0 aromatic carbocycles. The minimum Gasteiger partial charge on any atom is -0.324 e. The van der Waals surface area contributed by atoms with Crippen molar-refractivity contribution in [3.63, 3.8) is 0 Å². The highest BCUT2D eigenvalue weighted by Crippen LogP contribution is 2.41. The van der Waals surface area contributed by atoms with Crippen molar-refractivity contribution in [3.8, 4) is 0 Å². The van der Waals surface area contributed by atoms with E-state index in [1.807, 2.05) is 13.0 Å². The van der Waals surface area contributed by atoms with Gasteiger partial charge in [0.1, 0.15) is 0 Å². The molecule has 1 aliphatic rings. The zero-order chi connectivity index (χ0) is 14.7. The van der Waals surface area contributed by atoms with Crippen molar-refractivity contribution in [3.05, 3.63) is 34.9 Å². The minimum absolute atomic E-state index is 0.190. The van der Waals surface area contributed by atoms with Gasteiger partial charge < -0.3 is 9.79 Å². The van der Waals surface area contributed by atoms with Gasteiger partial charge in [-0.1, -0.05) is 43.2 Å². The van der Waals surface area contributed by atoms with Crippen LogP contribution in [0.1, 0.15) is 47.0 Å². The van der Waals surface area contributed by atoms with Crippen LogP contribution in [0.3, 0.4) is 0 Å². The van der Waals surface area contributed by atoms with Gasteiger partial charge in [0.2, 0.25) is 0 Å². The highest BCUT2D eigenvalue weighted by molar-refractivity contribution is 7.51. The van der Waals surface area contributed by atoms with Crippen LogP contribution in [0, 0.1) is 5.41 Å². The van der Waals surface area contributed by atoms with Crippen LogP contribution in [0.15, 0.2) is 34.9 Å². The maximum absolute atomic E-state index is 10.8. The highest BCUT2D eigenvalue weighted by Gasteiger charge is 2.26. The molecular weight excluding hydrogens is 259 g/mol. The third-order valence-corrected chi connectivity index (χ3v) is 4.36. The molecule has 0 aliphatic heterocycles. The summed E-state index contributed by atoms with van der Waals surface area (Å²) in [7, 11) is -3.94. The van der Waals surface area contributed by atoms with Crippen molar-refractivity contribution in [2.75, 3.05) is 6.16 Å². The SMILES string of the molecule is CC1=C(/C=C/C(C)=C/CP(=O)(O)O)C(C)(C)CCC1. The molecule has 0 saturated carbocycles. The van der Waals surface area contributed by atoms with Crippen molar-refractivity contribution >= 4 is 7.60 Å². The molecule has 3 nitrogen and oxygen atoms in total. The van der Waals surface area contributed by atoms with Crippen LogP contribution in [0.4, 0.5) is 0 Å². The van der Waals surface area contributed by atoms with Crippen LogP contribution in [0.2, 0.25) is 0 Å². The van der Waals surface area contributed by atoms with E-state index in [0.717, 1.165) is 12.0 Å². The molecule has 0 aromatic heterocycles. The molecule has 0 radical (unpaired) electrons. The van der Waals surface area contributed by atoms with Crippen molar-refractivity contribution in [2.45, 2.75) is 47.0 Å². The fourth-order valence-corrected chi connectivity index (χ4v) is 3.08. The van der Waals surface area contributed by atoms with Crippen LogP contribution in [0.5, 0.6) is 0 Å². The van der Waals surface area contributed by atoms with E-state index in [1.54, 1.807) is 6.08 Å². The summed E-state index contributed by atoms with van der Waals surface area (Å²) in [5.41, 5.74) is 3.88. The molecule has 0 atom stereocenters. The Bertz CT molecular complexity index is 464. The zero-order valence-corrected chi connectivity index (χ0v) is 13.2. The number of hydrogen-bond acceptors (Lipinski definition) is 1. The summed E-state index contributed by atoms with van der Waals surface area (Å²) in [5, 5.41) is 0. The average molecular weight is 284 g/mol. The Kier molecular flexibility index (Phi) is 5.37. The first-order valence-corrected chi connectivity index (χ1v) is 8.51. The Morgan fingerprint density at radius 2 is 2.05 bits per heavy atom.